The summed E-state index contributed by atoms with van der Waals surface area (Å²) in [5, 5.41) is 13.7. The number of rotatable bonds is 20. The van der Waals surface area contributed by atoms with Gasteiger partial charge in [-0.3, -0.25) is 19.2 Å². The van der Waals surface area contributed by atoms with E-state index in [2.05, 4.69) is 71.5 Å². The molecule has 644 valence electrons. The molecule has 8 aromatic heterocycles. The monoisotopic (exact) mass is 1730 g/mol. The molecule has 0 radical (unpaired) electrons. The van der Waals surface area contributed by atoms with Crippen LogP contribution in [0, 0.1) is 11.8 Å². The zero-order valence-electron chi connectivity index (χ0n) is 68.3. The van der Waals surface area contributed by atoms with Gasteiger partial charge in [-0.25, -0.2) is 73.5 Å². The molecule has 2 aliphatic carbocycles. The van der Waals surface area contributed by atoms with Crippen molar-refractivity contribution in [3.05, 3.63) is 199 Å². The number of aryl methyl sites for hydroxylation is 1. The van der Waals surface area contributed by atoms with Crippen LogP contribution >= 0.6 is 0 Å². The van der Waals surface area contributed by atoms with Crippen LogP contribution in [0.25, 0.3) is 89.7 Å². The Kier molecular flexibility index (Phi) is 25.4. The van der Waals surface area contributed by atoms with E-state index >= 15 is 0 Å². The van der Waals surface area contributed by atoms with Crippen LogP contribution in [0.4, 0.5) is 5.69 Å². The van der Waals surface area contributed by atoms with Gasteiger partial charge >= 0.3 is 0 Å². The van der Waals surface area contributed by atoms with Crippen molar-refractivity contribution in [3.8, 4) is 45.0 Å². The average Bonchev–Trinajstić information content (AvgIpc) is 1.44. The molecular formula is C88H110N16O13S4. The molecule has 1 unspecified atom stereocenters. The van der Waals surface area contributed by atoms with Crippen molar-refractivity contribution >= 4 is 113 Å². The molecule has 121 heavy (non-hydrogen) atoms. The molecule has 10 heterocycles. The third-order valence-corrected chi connectivity index (χ3v) is 31.2. The molecule has 33 heteroatoms. The largest absolute Gasteiger partial charge is 0.391 e. The highest BCUT2D eigenvalue weighted by Crippen LogP contribution is 2.34. The van der Waals surface area contributed by atoms with Crippen LogP contribution in [-0.2, 0) is 45.8 Å². The van der Waals surface area contributed by atoms with Crippen molar-refractivity contribution in [2.75, 3.05) is 37.6 Å². The molecule has 4 aliphatic rings. The van der Waals surface area contributed by atoms with E-state index in [0.717, 1.165) is 35.2 Å². The molecule has 1 saturated heterocycles. The Morgan fingerprint density at radius 1 is 0.413 bits per heavy atom. The van der Waals surface area contributed by atoms with Crippen LogP contribution in [0.5, 0.6) is 0 Å². The zero-order valence-corrected chi connectivity index (χ0v) is 71.5. The van der Waals surface area contributed by atoms with Gasteiger partial charge in [-0.05, 0) is 172 Å². The maximum atomic E-state index is 13.5. The molecule has 29 nitrogen and oxygen atoms in total. The predicted molar refractivity (Wildman–Crippen MR) is 478 cm³/mol. The number of nitrogens with zero attached hydrogens (tertiary/aromatic N) is 10. The molecule has 5 aromatic carbocycles. The number of anilines is 1. The third-order valence-electron chi connectivity index (χ3n) is 22.5. The van der Waals surface area contributed by atoms with Gasteiger partial charge in [-0.1, -0.05) is 86.0 Å². The van der Waals surface area contributed by atoms with Crippen molar-refractivity contribution in [1.82, 2.24) is 75.3 Å². The Labute approximate surface area is 712 Å². The Morgan fingerprint density at radius 2 is 0.736 bits per heavy atom. The summed E-state index contributed by atoms with van der Waals surface area (Å²) in [7, 11) is -13.3. The zero-order chi connectivity index (χ0) is 85.8. The molecule has 2 saturated carbocycles. The number of nitrogens with one attached hydrogen (secondary N) is 6. The quantitative estimate of drug-likeness (QED) is 0.0372. The fraction of sp³-hybridized carbons (Fsp3) is 0.341. The van der Waals surface area contributed by atoms with Crippen LogP contribution in [0.3, 0.4) is 0 Å². The molecule has 0 spiro atoms. The first-order valence-corrected chi connectivity index (χ1v) is 46.7. The van der Waals surface area contributed by atoms with Gasteiger partial charge in [0.25, 0.3) is 23.6 Å². The van der Waals surface area contributed by atoms with E-state index < -0.39 is 66.5 Å². The van der Waals surface area contributed by atoms with Crippen LogP contribution in [0.1, 0.15) is 170 Å². The number of aromatic amines is 4. The fourth-order valence-corrected chi connectivity index (χ4v) is 18.9. The van der Waals surface area contributed by atoms with Crippen molar-refractivity contribution < 1.29 is 67.9 Å². The number of H-pyrrole nitrogens is 4. The van der Waals surface area contributed by atoms with Gasteiger partial charge in [0.15, 0.2) is 61.9 Å². The number of β-amino-alcohol motifs (C(OH)–C–C–N with tert-alkyl or cyclic N) is 1. The van der Waals surface area contributed by atoms with Gasteiger partial charge in [-0.2, -0.15) is 0 Å². The summed E-state index contributed by atoms with van der Waals surface area (Å²) in [4.78, 5) is 104. The number of aromatic nitrogens is 12. The Balaban J connectivity index is 0.000000230. The second-order valence-corrected chi connectivity index (χ2v) is 41.9. The molecule has 13 aromatic rings. The van der Waals surface area contributed by atoms with Crippen molar-refractivity contribution in [1.29, 1.82) is 0 Å². The van der Waals surface area contributed by atoms with Crippen LogP contribution in [-0.4, -0.2) is 187 Å². The number of sulfone groups is 4. The minimum Gasteiger partial charge on any atom is -0.391 e. The van der Waals surface area contributed by atoms with Gasteiger partial charge in [-0.15, -0.1) is 0 Å². The van der Waals surface area contributed by atoms with Gasteiger partial charge in [0.2, 0.25) is 0 Å². The Hall–Kier alpha value is -11.8. The smallest absolute Gasteiger partial charge is 0.262 e. The highest BCUT2D eigenvalue weighted by atomic mass is 32.2. The maximum absolute atomic E-state index is 13.5. The van der Waals surface area contributed by atoms with Crippen LogP contribution in [0.15, 0.2) is 190 Å². The minimum absolute atomic E-state index is 0. The Morgan fingerprint density at radius 3 is 1.06 bits per heavy atom. The molecule has 3 fully saturated rings. The minimum atomic E-state index is -3.35. The molecule has 0 bridgehead atoms. The summed E-state index contributed by atoms with van der Waals surface area (Å²) in [5.74, 6) is 0.509. The standard InChI is InChI=1S/C25H24N4O3S.C22H26N4O3S.C21H24N4O3S.C20H22N4O4S.7H2/c1-16(2)33(31,32)19-11-9-17(10-12-19)21-15-27-24-23(28-21)20(14-26-24)25(30)29-13-5-7-18-6-3-4-8-22(18)29;1-14(2)30(28,29)17-9-7-16(8-10-17)19-13-24-21-20(26-19)18(12-23-21)22(27)25-11-15-5-3-4-6-15;1-13(2)29(27,28)16-8-6-15(7-9-16)18-12-23-20-19(25-18)17(11-22-20)21(26)24-10-14-4-3-5-14;1-12(2)29(27,28)15-5-3-13(4-6-15)17-10-22-19-18(23-17)16(9-21-19)20(26)24-8-7-14(25)11-24;;;;;;;/h3-4,6,8-12,14-16H,5,7,13H2,1-2H3,(H,26,27);7-10,12-15H,3-6,11H2,1-2H3,(H,23,24)(H,25,27);6-9,11-14H,3-5,10H2,1-2H3,(H,22,23)(H,24,26);3-6,9-10,12,14,25H,7-8,11H2,1-2H3,(H,21,22);7*1H. The van der Waals surface area contributed by atoms with E-state index in [1.807, 2.05) is 18.2 Å². The van der Waals surface area contributed by atoms with Crippen molar-refractivity contribution in [2.24, 2.45) is 11.8 Å². The first-order valence-electron chi connectivity index (χ1n) is 40.5. The van der Waals surface area contributed by atoms with E-state index in [-0.39, 0.29) is 53.2 Å². The summed E-state index contributed by atoms with van der Waals surface area (Å²) >= 11 is 0. The predicted octanol–water partition coefficient (Wildman–Crippen LogP) is 15.2. The van der Waals surface area contributed by atoms with E-state index in [1.165, 1.54) is 50.5 Å². The highest BCUT2D eigenvalue weighted by molar-refractivity contribution is 7.92. The van der Waals surface area contributed by atoms with E-state index in [9.17, 15) is 58.0 Å². The van der Waals surface area contributed by atoms with Crippen LogP contribution in [0.2, 0.25) is 0 Å². The van der Waals surface area contributed by atoms with E-state index in [4.69, 9.17) is 4.98 Å². The van der Waals surface area contributed by atoms with Crippen LogP contribution < -0.4 is 15.5 Å². The molecule has 2 aliphatic heterocycles. The average molecular weight is 1730 g/mol. The molecule has 1 atom stereocenters. The number of aliphatic hydroxyl groups is 1. The third kappa shape index (κ3) is 18.5. The van der Waals surface area contributed by atoms with Gasteiger partial charge in [0, 0.05) is 95.4 Å². The summed E-state index contributed by atoms with van der Waals surface area (Å²) < 4.78 is 98.6. The number of benzene rings is 5. The number of hydrogen-bond donors (Lipinski definition) is 7. The topological polar surface area (TPSA) is 422 Å². The SMILES string of the molecule is CC(C)S(=O)(=O)c1ccc(-c2cnc3[nH]cc(C(=O)N4CCC(O)C4)c3n2)cc1.CC(C)S(=O)(=O)c1ccc(-c2cnc3[nH]cc(C(=O)N4CCCc5ccccc54)c3n2)cc1.CC(C)S(=O)(=O)c1ccc(-c2cnc3[nH]cc(C(=O)NCC4CCC4)c3n2)cc1.CC(C)S(=O)(=O)c1ccc(-c2cnc3[nH]cc(C(=O)NCC4CCCC4)c3n2)cc1.[HH].[HH].[HH].[HH].[HH].[HH].[HH]. The second kappa shape index (κ2) is 35.9. The first-order chi connectivity index (χ1) is 57.8. The number of carbonyl (C=O) groups excluding carboxylic acids is 4. The Bertz CT molecular complexity index is 6540. The number of fused-ring (bicyclic) bond motifs is 5. The lowest BCUT2D eigenvalue weighted by Crippen LogP contribution is -2.35. The molecule has 7 N–H and O–H groups in total. The second-order valence-electron chi connectivity index (χ2n) is 31.8. The lowest BCUT2D eigenvalue weighted by atomic mass is 9.85. The number of para-hydroxylation sites is 1. The van der Waals surface area contributed by atoms with Gasteiger partial charge in [0.1, 0.15) is 22.1 Å². The summed E-state index contributed by atoms with van der Waals surface area (Å²) in [6.45, 7) is 16.1. The van der Waals surface area contributed by atoms with Crippen molar-refractivity contribution in [3.63, 3.8) is 0 Å². The lowest BCUT2D eigenvalue weighted by Gasteiger charge is -2.29. The maximum Gasteiger partial charge on any atom is 0.262 e. The van der Waals surface area contributed by atoms with Gasteiger partial charge < -0.3 is 45.5 Å². The first kappa shape index (κ1) is 85.6. The number of likely N-dealkylation sites (tertiary alicyclic amines) is 1. The summed E-state index contributed by atoms with van der Waals surface area (Å²) in [6.07, 6.45) is 23.3. The van der Waals surface area contributed by atoms with E-state index in [0.29, 0.717) is 146 Å². The number of carbonyl (C=O) groups is 4. The van der Waals surface area contributed by atoms with Crippen molar-refractivity contribution in [2.45, 2.75) is 166 Å². The van der Waals surface area contributed by atoms with Gasteiger partial charge in [0.05, 0.1) is 117 Å². The summed E-state index contributed by atoms with van der Waals surface area (Å²) in [5.41, 5.74) is 13.2. The number of amides is 4. The normalized spacial score (nSPS) is 15.3. The number of hydrogen-bond acceptors (Lipinski definition) is 21. The summed E-state index contributed by atoms with van der Waals surface area (Å²) in [6, 6.07) is 34.3. The number of aliphatic hydroxyl groups excluding tert-OH is 1. The molecular weight excluding hydrogens is 1620 g/mol. The highest BCUT2D eigenvalue weighted by Gasteiger charge is 2.32. The lowest BCUT2D eigenvalue weighted by molar-refractivity contribution is 0.0766. The van der Waals surface area contributed by atoms with E-state index in [1.54, 1.807) is 212 Å². The fourth-order valence-electron chi connectivity index (χ4n) is 14.7. The molecule has 4 amide bonds. The molecule has 17 rings (SSSR count).